The van der Waals surface area contributed by atoms with Gasteiger partial charge in [-0.05, 0) is 74.0 Å². The Bertz CT molecular complexity index is 995. The zero-order chi connectivity index (χ0) is 21.7. The Hall–Kier alpha value is -2.22. The van der Waals surface area contributed by atoms with Crippen molar-refractivity contribution < 1.29 is 13.2 Å². The molecule has 1 aliphatic carbocycles. The largest absolute Gasteiger partial charge is 0.348 e. The average molecular weight is 442 g/mol. The number of nitrogens with zero attached hydrogens (tertiary/aromatic N) is 1. The van der Waals surface area contributed by atoms with E-state index in [1.807, 2.05) is 12.1 Å². The highest BCUT2D eigenvalue weighted by atomic mass is 32.2. The Morgan fingerprint density at radius 1 is 0.968 bits per heavy atom. The first kappa shape index (κ1) is 22.0. The molecule has 0 radical (unpaired) electrons. The van der Waals surface area contributed by atoms with Gasteiger partial charge < -0.3 is 5.32 Å². The molecule has 0 atom stereocenters. The molecule has 31 heavy (non-hydrogen) atoms. The Morgan fingerprint density at radius 2 is 1.68 bits per heavy atom. The number of amides is 1. The van der Waals surface area contributed by atoms with Crippen LogP contribution in [-0.4, -0.2) is 38.9 Å². The molecule has 1 saturated heterocycles. The van der Waals surface area contributed by atoms with E-state index in [9.17, 15) is 13.2 Å². The van der Waals surface area contributed by atoms with Crippen LogP contribution in [0, 0.1) is 5.92 Å². The fourth-order valence-corrected chi connectivity index (χ4v) is 5.02. The Balaban J connectivity index is 1.31. The molecule has 1 aliphatic heterocycles. The normalized spacial score (nSPS) is 17.4. The summed E-state index contributed by atoms with van der Waals surface area (Å²) in [6.07, 6.45) is 6.04. The Labute approximate surface area is 185 Å². The summed E-state index contributed by atoms with van der Waals surface area (Å²) in [5.41, 5.74) is 2.65. The summed E-state index contributed by atoms with van der Waals surface area (Å²) in [6, 6.07) is 14.5. The highest BCUT2D eigenvalue weighted by Gasteiger charge is 2.24. The van der Waals surface area contributed by atoms with Gasteiger partial charge >= 0.3 is 0 Å². The number of rotatable bonds is 9. The summed E-state index contributed by atoms with van der Waals surface area (Å²) in [5, 5.41) is 2.89. The molecule has 2 N–H and O–H groups in total. The summed E-state index contributed by atoms with van der Waals surface area (Å²) < 4.78 is 27.5. The average Bonchev–Trinajstić information content (AvgIpc) is 3.63. The van der Waals surface area contributed by atoms with Crippen LogP contribution in [0.2, 0.25) is 0 Å². The molecule has 1 amide bonds. The third-order valence-corrected chi connectivity index (χ3v) is 7.42. The van der Waals surface area contributed by atoms with E-state index in [4.69, 9.17) is 0 Å². The van der Waals surface area contributed by atoms with E-state index in [-0.39, 0.29) is 10.8 Å². The second kappa shape index (κ2) is 9.94. The van der Waals surface area contributed by atoms with Crippen LogP contribution in [0.3, 0.4) is 0 Å². The summed E-state index contributed by atoms with van der Waals surface area (Å²) >= 11 is 0. The number of hydrogen-bond acceptors (Lipinski definition) is 4. The monoisotopic (exact) mass is 441 g/mol. The molecule has 2 aromatic carbocycles. The van der Waals surface area contributed by atoms with Crippen LogP contribution in [0.5, 0.6) is 0 Å². The van der Waals surface area contributed by atoms with Gasteiger partial charge in [-0.3, -0.25) is 9.69 Å². The summed E-state index contributed by atoms with van der Waals surface area (Å²) in [4.78, 5) is 15.2. The number of carbonyl (C=O) groups is 1. The second-order valence-electron chi connectivity index (χ2n) is 8.66. The number of nitrogens with one attached hydrogen (secondary N) is 2. The van der Waals surface area contributed by atoms with Gasteiger partial charge in [-0.2, -0.15) is 0 Å². The van der Waals surface area contributed by atoms with Gasteiger partial charge in [0.25, 0.3) is 5.91 Å². The molecule has 166 valence electrons. The number of piperidine rings is 1. The summed E-state index contributed by atoms with van der Waals surface area (Å²) in [6.45, 7) is 4.18. The fraction of sp³-hybridized carbons (Fsp3) is 0.458. The fourth-order valence-electron chi connectivity index (χ4n) is 3.86. The maximum atomic E-state index is 12.6. The second-order valence-corrected chi connectivity index (χ2v) is 10.4. The minimum Gasteiger partial charge on any atom is -0.348 e. The third kappa shape index (κ3) is 6.38. The third-order valence-electron chi connectivity index (χ3n) is 6.00. The number of likely N-dealkylation sites (tertiary alicyclic amines) is 1. The summed E-state index contributed by atoms with van der Waals surface area (Å²) in [7, 11) is -3.59. The first-order valence-electron chi connectivity index (χ1n) is 11.2. The Kier molecular flexibility index (Phi) is 7.05. The van der Waals surface area contributed by atoms with Crippen LogP contribution in [0.1, 0.15) is 53.6 Å². The SMILES string of the molecule is O=C(NCc1ccc(CN2CCCCC2)cc1)c1cccc(S(=O)(=O)NCC2CC2)c1. The molecule has 7 heteroatoms. The quantitative estimate of drug-likeness (QED) is 0.626. The van der Waals surface area contributed by atoms with Crippen molar-refractivity contribution in [2.75, 3.05) is 19.6 Å². The first-order chi connectivity index (χ1) is 15.0. The van der Waals surface area contributed by atoms with Crippen LogP contribution in [0.4, 0.5) is 0 Å². The van der Waals surface area contributed by atoms with E-state index in [1.54, 1.807) is 12.1 Å². The van der Waals surface area contributed by atoms with Gasteiger partial charge in [0.1, 0.15) is 0 Å². The van der Waals surface area contributed by atoms with Crippen LogP contribution < -0.4 is 10.0 Å². The van der Waals surface area contributed by atoms with Gasteiger partial charge in [0, 0.05) is 25.2 Å². The van der Waals surface area contributed by atoms with Crippen LogP contribution >= 0.6 is 0 Å². The van der Waals surface area contributed by atoms with Crippen molar-refractivity contribution in [1.82, 2.24) is 14.9 Å². The van der Waals surface area contributed by atoms with Gasteiger partial charge in [0.2, 0.25) is 10.0 Å². The first-order valence-corrected chi connectivity index (χ1v) is 12.7. The van der Waals surface area contributed by atoms with Crippen molar-refractivity contribution in [3.8, 4) is 0 Å². The molecule has 1 heterocycles. The number of sulfonamides is 1. The Morgan fingerprint density at radius 3 is 2.39 bits per heavy atom. The maximum Gasteiger partial charge on any atom is 0.251 e. The van der Waals surface area contributed by atoms with Gasteiger partial charge in [0.15, 0.2) is 0 Å². The van der Waals surface area contributed by atoms with E-state index < -0.39 is 10.0 Å². The van der Waals surface area contributed by atoms with Crippen LogP contribution in [0.15, 0.2) is 53.4 Å². The lowest BCUT2D eigenvalue weighted by Gasteiger charge is -2.26. The van der Waals surface area contributed by atoms with E-state index >= 15 is 0 Å². The summed E-state index contributed by atoms with van der Waals surface area (Å²) in [5.74, 6) is 0.170. The smallest absolute Gasteiger partial charge is 0.251 e. The lowest BCUT2D eigenvalue weighted by atomic mass is 10.1. The predicted molar refractivity (Wildman–Crippen MR) is 121 cm³/mol. The van der Waals surface area contributed by atoms with E-state index in [0.717, 1.165) is 24.9 Å². The molecular weight excluding hydrogens is 410 g/mol. The topological polar surface area (TPSA) is 78.5 Å². The molecule has 0 unspecified atom stereocenters. The van der Waals surface area contributed by atoms with Crippen molar-refractivity contribution in [2.45, 2.75) is 50.1 Å². The van der Waals surface area contributed by atoms with Gasteiger partial charge in [-0.1, -0.05) is 36.8 Å². The molecule has 2 aromatic rings. The molecule has 0 bridgehead atoms. The predicted octanol–water partition coefficient (Wildman–Crippen LogP) is 3.29. The van der Waals surface area contributed by atoms with Gasteiger partial charge in [-0.15, -0.1) is 0 Å². The zero-order valence-corrected chi connectivity index (χ0v) is 18.7. The van der Waals surface area contributed by atoms with Crippen LogP contribution in [-0.2, 0) is 23.1 Å². The van der Waals surface area contributed by atoms with Crippen molar-refractivity contribution in [3.63, 3.8) is 0 Å². The van der Waals surface area contributed by atoms with E-state index in [1.165, 1.54) is 50.0 Å². The van der Waals surface area contributed by atoms with Gasteiger partial charge in [0.05, 0.1) is 4.90 Å². The van der Waals surface area contributed by atoms with E-state index in [0.29, 0.717) is 24.6 Å². The lowest BCUT2D eigenvalue weighted by Crippen LogP contribution is -2.29. The molecule has 0 spiro atoms. The molecular formula is C24H31N3O3S. The molecule has 2 aliphatic rings. The highest BCUT2D eigenvalue weighted by Crippen LogP contribution is 2.28. The molecule has 2 fully saturated rings. The van der Waals surface area contributed by atoms with Crippen molar-refractivity contribution >= 4 is 15.9 Å². The minimum atomic E-state index is -3.59. The standard InChI is InChI=1S/C24H31N3O3S/c28-24(22-5-4-6-23(15-22)31(29,30)26-17-20-7-8-20)25-16-19-9-11-21(12-10-19)18-27-13-2-1-3-14-27/h4-6,9-12,15,20,26H,1-3,7-8,13-14,16-18H2,(H,25,28). The number of hydrogen-bond donors (Lipinski definition) is 2. The minimum absolute atomic E-state index is 0.128. The molecule has 0 aromatic heterocycles. The van der Waals surface area contributed by atoms with Crippen molar-refractivity contribution in [1.29, 1.82) is 0 Å². The molecule has 6 nitrogen and oxygen atoms in total. The lowest BCUT2D eigenvalue weighted by molar-refractivity contribution is 0.0950. The van der Waals surface area contributed by atoms with Crippen molar-refractivity contribution in [2.24, 2.45) is 5.92 Å². The number of benzene rings is 2. The van der Waals surface area contributed by atoms with Crippen molar-refractivity contribution in [3.05, 3.63) is 65.2 Å². The number of carbonyl (C=O) groups excluding carboxylic acids is 1. The van der Waals surface area contributed by atoms with Gasteiger partial charge in [-0.25, -0.2) is 13.1 Å². The van der Waals surface area contributed by atoms with Crippen LogP contribution in [0.25, 0.3) is 0 Å². The molecule has 1 saturated carbocycles. The maximum absolute atomic E-state index is 12.6. The zero-order valence-electron chi connectivity index (χ0n) is 17.8. The molecule has 4 rings (SSSR count). The highest BCUT2D eigenvalue weighted by molar-refractivity contribution is 7.89. The van der Waals surface area contributed by atoms with E-state index in [2.05, 4.69) is 27.1 Å².